The molecule has 0 aliphatic rings. The Hall–Kier alpha value is -2.02. The molecule has 0 fully saturated rings. The molecule has 2 N–H and O–H groups in total. The van der Waals surface area contributed by atoms with E-state index in [1.807, 2.05) is 18.2 Å². The number of nitrogens with two attached hydrogens (primary N) is 1. The largest absolute Gasteiger partial charge is 0.493 e. The van der Waals surface area contributed by atoms with Gasteiger partial charge in [-0.3, -0.25) is 8.98 Å². The molecular weight excluding hydrogens is 314 g/mol. The minimum atomic E-state index is -0.465. The smallest absolute Gasteiger partial charge is 0.194 e. The number of carbonyl (C=O) groups excluding carboxylic acids is 1. The molecule has 2 aromatic rings. The summed E-state index contributed by atoms with van der Waals surface area (Å²) in [5, 5.41) is 0. The van der Waals surface area contributed by atoms with Crippen LogP contribution in [0.3, 0.4) is 0 Å². The molecule has 0 bridgehead atoms. The summed E-state index contributed by atoms with van der Waals surface area (Å²) in [6.07, 6.45) is -0.465. The summed E-state index contributed by atoms with van der Waals surface area (Å²) in [6.45, 7) is 1.71. The fraction of sp³-hybridized carbons (Fsp3) is 0.235. The third-order valence-corrected chi connectivity index (χ3v) is 3.97. The van der Waals surface area contributed by atoms with Gasteiger partial charge in [-0.2, -0.15) is 0 Å². The maximum absolute atomic E-state index is 12.8. The Morgan fingerprint density at radius 2 is 1.70 bits per heavy atom. The summed E-state index contributed by atoms with van der Waals surface area (Å²) in [5.74, 6) is 0.882. The zero-order valence-electron chi connectivity index (χ0n) is 13.2. The number of hydrogen-bond donors (Lipinski definition) is 1. The van der Waals surface area contributed by atoms with Crippen LogP contribution >= 0.6 is 12.0 Å². The van der Waals surface area contributed by atoms with Crippen LogP contribution in [0.15, 0.2) is 47.4 Å². The molecule has 0 spiro atoms. The van der Waals surface area contributed by atoms with Gasteiger partial charge < -0.3 is 15.2 Å². The summed E-state index contributed by atoms with van der Waals surface area (Å²) in [7, 11) is 3.07. The molecule has 6 heteroatoms. The maximum atomic E-state index is 12.8. The van der Waals surface area contributed by atoms with E-state index in [9.17, 15) is 4.79 Å². The first kappa shape index (κ1) is 17.3. The fourth-order valence-electron chi connectivity index (χ4n) is 1.98. The first-order chi connectivity index (χ1) is 11.1. The average molecular weight is 333 g/mol. The summed E-state index contributed by atoms with van der Waals surface area (Å²) >= 11 is 1.05. The molecule has 0 aliphatic carbocycles. The van der Waals surface area contributed by atoms with Gasteiger partial charge in [0.1, 0.15) is 6.23 Å². The SMILES string of the molecule is COc1cc(SO[C@H](C)N)c(C(=O)c2ccccc2)cc1OC. The molecule has 23 heavy (non-hydrogen) atoms. The Bertz CT molecular complexity index is 674. The molecule has 0 saturated heterocycles. The number of ketones is 1. The van der Waals surface area contributed by atoms with Gasteiger partial charge >= 0.3 is 0 Å². The first-order valence-corrected chi connectivity index (χ1v) is 7.75. The van der Waals surface area contributed by atoms with Gasteiger partial charge in [-0.05, 0) is 13.0 Å². The Labute approximate surface area is 139 Å². The second-order valence-corrected chi connectivity index (χ2v) is 5.58. The van der Waals surface area contributed by atoms with Crippen molar-refractivity contribution in [1.82, 2.24) is 0 Å². The lowest BCUT2D eigenvalue weighted by atomic mass is 10.0. The second kappa shape index (κ2) is 8.01. The Balaban J connectivity index is 2.48. The molecule has 2 aromatic carbocycles. The van der Waals surface area contributed by atoms with Gasteiger partial charge in [0.25, 0.3) is 0 Å². The average Bonchev–Trinajstić information content (AvgIpc) is 2.59. The van der Waals surface area contributed by atoms with Crippen LogP contribution in [0.5, 0.6) is 11.5 Å². The lowest BCUT2D eigenvalue weighted by molar-refractivity contribution is 0.103. The standard InChI is InChI=1S/C17H19NO4S/c1-11(18)22-23-16-10-15(21-3)14(20-2)9-13(16)17(19)12-7-5-4-6-8-12/h4-11H,18H2,1-3H3/t11-/m1/s1. The van der Waals surface area contributed by atoms with Crippen molar-refractivity contribution in [2.45, 2.75) is 18.0 Å². The van der Waals surface area contributed by atoms with Gasteiger partial charge in [-0.1, -0.05) is 30.3 Å². The highest BCUT2D eigenvalue weighted by Crippen LogP contribution is 2.36. The molecule has 0 saturated carbocycles. The zero-order valence-corrected chi connectivity index (χ0v) is 14.1. The van der Waals surface area contributed by atoms with E-state index in [0.717, 1.165) is 12.0 Å². The van der Waals surface area contributed by atoms with E-state index in [1.54, 1.807) is 31.2 Å². The van der Waals surface area contributed by atoms with E-state index in [-0.39, 0.29) is 5.78 Å². The highest BCUT2D eigenvalue weighted by Gasteiger charge is 2.19. The number of ether oxygens (including phenoxy) is 2. The summed E-state index contributed by atoms with van der Waals surface area (Å²) in [5.41, 5.74) is 6.68. The fourth-order valence-corrected chi connectivity index (χ4v) is 2.63. The van der Waals surface area contributed by atoms with E-state index in [0.29, 0.717) is 27.5 Å². The molecular formula is C17H19NO4S. The van der Waals surface area contributed by atoms with Crippen molar-refractivity contribution in [3.05, 3.63) is 53.6 Å². The lowest BCUT2D eigenvalue weighted by Crippen LogP contribution is -2.15. The highest BCUT2D eigenvalue weighted by molar-refractivity contribution is 7.94. The number of benzene rings is 2. The van der Waals surface area contributed by atoms with Gasteiger partial charge in [0.2, 0.25) is 0 Å². The van der Waals surface area contributed by atoms with Crippen LogP contribution in [-0.4, -0.2) is 26.2 Å². The third kappa shape index (κ3) is 4.25. The number of rotatable bonds is 7. The van der Waals surface area contributed by atoms with E-state index in [1.165, 1.54) is 14.2 Å². The van der Waals surface area contributed by atoms with E-state index in [4.69, 9.17) is 19.4 Å². The molecule has 0 aromatic heterocycles. The molecule has 0 amide bonds. The molecule has 0 radical (unpaired) electrons. The second-order valence-electron chi connectivity index (χ2n) is 4.78. The minimum Gasteiger partial charge on any atom is -0.493 e. The monoisotopic (exact) mass is 333 g/mol. The predicted molar refractivity (Wildman–Crippen MR) is 90.0 cm³/mol. The van der Waals surface area contributed by atoms with Crippen LogP contribution in [0.1, 0.15) is 22.8 Å². The van der Waals surface area contributed by atoms with Crippen molar-refractivity contribution < 1.29 is 18.5 Å². The van der Waals surface area contributed by atoms with Crippen molar-refractivity contribution in [3.63, 3.8) is 0 Å². The Morgan fingerprint density at radius 3 is 2.26 bits per heavy atom. The van der Waals surface area contributed by atoms with Crippen LogP contribution < -0.4 is 15.2 Å². The van der Waals surface area contributed by atoms with Crippen LogP contribution in [0.25, 0.3) is 0 Å². The van der Waals surface area contributed by atoms with Crippen molar-refractivity contribution in [3.8, 4) is 11.5 Å². The van der Waals surface area contributed by atoms with Crippen molar-refractivity contribution in [1.29, 1.82) is 0 Å². The topological polar surface area (TPSA) is 70.8 Å². The van der Waals surface area contributed by atoms with Crippen LogP contribution in [0.4, 0.5) is 0 Å². The molecule has 5 nitrogen and oxygen atoms in total. The quantitative estimate of drug-likeness (QED) is 0.476. The molecule has 122 valence electrons. The zero-order chi connectivity index (χ0) is 16.8. The van der Waals surface area contributed by atoms with Crippen LogP contribution in [-0.2, 0) is 4.18 Å². The van der Waals surface area contributed by atoms with Gasteiger partial charge in [-0.15, -0.1) is 0 Å². The minimum absolute atomic E-state index is 0.123. The summed E-state index contributed by atoms with van der Waals surface area (Å²) in [4.78, 5) is 13.4. The van der Waals surface area contributed by atoms with Gasteiger partial charge in [0.15, 0.2) is 17.3 Å². The van der Waals surface area contributed by atoms with Gasteiger partial charge in [-0.25, -0.2) is 0 Å². The van der Waals surface area contributed by atoms with Crippen LogP contribution in [0.2, 0.25) is 0 Å². The third-order valence-electron chi connectivity index (χ3n) is 3.06. The van der Waals surface area contributed by atoms with Crippen molar-refractivity contribution in [2.24, 2.45) is 5.73 Å². The molecule has 1 atom stereocenters. The van der Waals surface area contributed by atoms with E-state index < -0.39 is 6.23 Å². The van der Waals surface area contributed by atoms with Crippen LogP contribution in [0, 0.1) is 0 Å². The highest BCUT2D eigenvalue weighted by atomic mass is 32.2. The molecule has 0 heterocycles. The summed E-state index contributed by atoms with van der Waals surface area (Å²) in [6, 6.07) is 12.4. The summed E-state index contributed by atoms with van der Waals surface area (Å²) < 4.78 is 16.0. The molecule has 2 rings (SSSR count). The predicted octanol–water partition coefficient (Wildman–Crippen LogP) is 3.26. The first-order valence-electron chi connectivity index (χ1n) is 7.01. The number of carbonyl (C=O) groups is 1. The van der Waals surface area contributed by atoms with E-state index >= 15 is 0 Å². The van der Waals surface area contributed by atoms with Crippen molar-refractivity contribution in [2.75, 3.05) is 14.2 Å². The number of methoxy groups -OCH3 is 2. The van der Waals surface area contributed by atoms with Gasteiger partial charge in [0.05, 0.1) is 19.1 Å². The molecule has 0 unspecified atom stereocenters. The maximum Gasteiger partial charge on any atom is 0.194 e. The lowest BCUT2D eigenvalue weighted by Gasteiger charge is -2.14. The molecule has 0 aliphatic heterocycles. The van der Waals surface area contributed by atoms with Gasteiger partial charge in [0, 0.05) is 29.2 Å². The normalized spacial score (nSPS) is 11.8. The number of hydrogen-bond acceptors (Lipinski definition) is 6. The van der Waals surface area contributed by atoms with Crippen molar-refractivity contribution >= 4 is 17.8 Å². The Kier molecular flexibility index (Phi) is 6.04. The van der Waals surface area contributed by atoms with E-state index in [2.05, 4.69) is 0 Å². The Morgan fingerprint density at radius 1 is 1.09 bits per heavy atom.